The van der Waals surface area contributed by atoms with Crippen LogP contribution in [0.5, 0.6) is 0 Å². The molecule has 14 nitrogen and oxygen atoms in total. The Morgan fingerprint density at radius 3 is 1.64 bits per heavy atom. The summed E-state index contributed by atoms with van der Waals surface area (Å²) in [5.74, 6) is 1.01. The number of nitrogens with one attached hydrogen (secondary N) is 4. The van der Waals surface area contributed by atoms with Gasteiger partial charge >= 0.3 is 12.2 Å². The summed E-state index contributed by atoms with van der Waals surface area (Å²) in [5, 5.41) is 5.40. The average Bonchev–Trinajstić information content (AvgIpc) is 4.04. The zero-order valence-electron chi connectivity index (χ0n) is 32.4. The number of ether oxygens (including phenoxy) is 2. The molecule has 296 valence electrons. The number of alkyl carbamates (subject to hydrolysis) is 2. The van der Waals surface area contributed by atoms with Crippen LogP contribution in [0.25, 0.3) is 41.7 Å². The number of hydrogen-bond acceptors (Lipinski definition) is 10. The number of fused-ring (bicyclic) bond motifs is 1. The molecule has 2 aliphatic rings. The number of likely N-dealkylation sites (tertiary alicyclic amines) is 2. The van der Waals surface area contributed by atoms with Gasteiger partial charge in [-0.3, -0.25) is 9.59 Å². The summed E-state index contributed by atoms with van der Waals surface area (Å²) in [6, 6.07) is 11.0. The molecular weight excluding hydrogens is 753 g/mol. The Bertz CT molecular complexity index is 2170. The van der Waals surface area contributed by atoms with Crippen molar-refractivity contribution in [3.05, 3.63) is 60.4 Å². The van der Waals surface area contributed by atoms with Gasteiger partial charge in [-0.25, -0.2) is 19.6 Å². The van der Waals surface area contributed by atoms with E-state index in [1.54, 1.807) is 22.7 Å². The number of nitrogens with zero attached hydrogens (tertiary/aromatic N) is 4. The second-order valence-corrected chi connectivity index (χ2v) is 17.2. The van der Waals surface area contributed by atoms with Crippen molar-refractivity contribution >= 4 is 56.1 Å². The van der Waals surface area contributed by atoms with E-state index in [4.69, 9.17) is 14.5 Å². The molecule has 2 aliphatic heterocycles. The molecule has 0 bridgehead atoms. The third kappa shape index (κ3) is 7.89. The number of hydrogen-bond donors (Lipinski definition) is 4. The minimum Gasteiger partial charge on any atom is -0.453 e. The number of thiophene rings is 2. The van der Waals surface area contributed by atoms with Gasteiger partial charge in [-0.2, -0.15) is 0 Å². The van der Waals surface area contributed by atoms with Crippen LogP contribution in [0.15, 0.2) is 48.8 Å². The first-order valence-corrected chi connectivity index (χ1v) is 20.6. The van der Waals surface area contributed by atoms with Gasteiger partial charge in [0.15, 0.2) is 0 Å². The molecule has 5 aromatic rings. The molecule has 0 spiro atoms. The smallest absolute Gasteiger partial charge is 0.407 e. The van der Waals surface area contributed by atoms with E-state index in [0.717, 1.165) is 64.7 Å². The van der Waals surface area contributed by atoms with Gasteiger partial charge in [-0.1, -0.05) is 52.0 Å². The molecule has 4 amide bonds. The Hall–Kier alpha value is -5.22. The van der Waals surface area contributed by atoms with Crippen LogP contribution in [0.3, 0.4) is 0 Å². The quantitative estimate of drug-likeness (QED) is 0.106. The maximum Gasteiger partial charge on any atom is 0.407 e. The van der Waals surface area contributed by atoms with Gasteiger partial charge in [0.25, 0.3) is 0 Å². The lowest BCUT2D eigenvalue weighted by Crippen LogP contribution is -2.51. The lowest BCUT2D eigenvalue weighted by Gasteiger charge is -2.30. The fourth-order valence-electron chi connectivity index (χ4n) is 7.59. The highest BCUT2D eigenvalue weighted by Crippen LogP contribution is 2.42. The SMILES string of the molecule is COC(=O)N[C@H](C(=O)N1CCCC1c1ncc(-c2ccc(-c3cc4sc(-c5cnc(C6CCCN6C(=O)[C@@H](NC(=O)OC)C(C)C)[nH]5)cc4s3)cc2)[nH]1)C(C)C. The van der Waals surface area contributed by atoms with Crippen molar-refractivity contribution in [2.24, 2.45) is 11.8 Å². The lowest BCUT2D eigenvalue weighted by atomic mass is 10.0. The highest BCUT2D eigenvalue weighted by molar-refractivity contribution is 7.31. The summed E-state index contributed by atoms with van der Waals surface area (Å²) in [5.41, 5.74) is 3.89. The van der Waals surface area contributed by atoms with Crippen molar-refractivity contribution in [2.45, 2.75) is 77.5 Å². The number of aromatic nitrogens is 4. The van der Waals surface area contributed by atoms with Crippen LogP contribution >= 0.6 is 22.7 Å². The highest BCUT2D eigenvalue weighted by Gasteiger charge is 2.39. The topological polar surface area (TPSA) is 175 Å². The van der Waals surface area contributed by atoms with Gasteiger partial charge < -0.3 is 39.9 Å². The Morgan fingerprint density at radius 2 is 1.14 bits per heavy atom. The Morgan fingerprint density at radius 1 is 0.696 bits per heavy atom. The molecule has 4 atom stereocenters. The normalized spacial score (nSPS) is 18.1. The molecule has 2 saturated heterocycles. The summed E-state index contributed by atoms with van der Waals surface area (Å²) in [6.45, 7) is 8.82. The molecule has 1 aromatic carbocycles. The number of imidazole rings is 2. The Kier molecular flexibility index (Phi) is 11.5. The summed E-state index contributed by atoms with van der Waals surface area (Å²) < 4.78 is 11.9. The average molecular weight is 801 g/mol. The van der Waals surface area contributed by atoms with Crippen molar-refractivity contribution in [1.82, 2.24) is 40.4 Å². The van der Waals surface area contributed by atoms with Gasteiger partial charge in [0.1, 0.15) is 23.7 Å². The molecule has 6 heterocycles. The first-order chi connectivity index (χ1) is 26.9. The number of rotatable bonds is 11. The molecule has 2 fully saturated rings. The number of carbonyl (C=O) groups is 4. The molecule has 4 N–H and O–H groups in total. The fraction of sp³-hybridized carbons (Fsp3) is 0.450. The zero-order valence-corrected chi connectivity index (χ0v) is 34.0. The van der Waals surface area contributed by atoms with Gasteiger partial charge in [-0.15, -0.1) is 22.7 Å². The predicted octanol–water partition coefficient (Wildman–Crippen LogP) is 7.50. The van der Waals surface area contributed by atoms with Crippen LogP contribution in [-0.4, -0.2) is 93.1 Å². The number of aromatic amines is 2. The van der Waals surface area contributed by atoms with E-state index >= 15 is 0 Å². The summed E-state index contributed by atoms with van der Waals surface area (Å²) in [6.07, 6.45) is 5.70. The highest BCUT2D eigenvalue weighted by atomic mass is 32.1. The van der Waals surface area contributed by atoms with E-state index in [9.17, 15) is 19.2 Å². The largest absolute Gasteiger partial charge is 0.453 e. The van der Waals surface area contributed by atoms with Gasteiger partial charge in [-0.05, 0) is 60.8 Å². The molecule has 0 aliphatic carbocycles. The van der Waals surface area contributed by atoms with E-state index < -0.39 is 24.3 Å². The van der Waals surface area contributed by atoms with Gasteiger partial charge in [0.2, 0.25) is 11.8 Å². The number of carbonyl (C=O) groups excluding carboxylic acids is 4. The molecule has 56 heavy (non-hydrogen) atoms. The predicted molar refractivity (Wildman–Crippen MR) is 216 cm³/mol. The zero-order chi connectivity index (χ0) is 39.7. The van der Waals surface area contributed by atoms with Crippen LogP contribution in [0.4, 0.5) is 9.59 Å². The first-order valence-electron chi connectivity index (χ1n) is 19.0. The summed E-state index contributed by atoms with van der Waals surface area (Å²) >= 11 is 3.44. The molecule has 0 saturated carbocycles. The maximum atomic E-state index is 13.6. The van der Waals surface area contributed by atoms with E-state index in [-0.39, 0.29) is 35.7 Å². The van der Waals surface area contributed by atoms with Crippen LogP contribution in [0, 0.1) is 11.8 Å². The molecule has 7 rings (SSSR count). The first kappa shape index (κ1) is 39.0. The lowest BCUT2D eigenvalue weighted by molar-refractivity contribution is -0.136. The Balaban J connectivity index is 1.02. The number of methoxy groups -OCH3 is 2. The Labute approximate surface area is 333 Å². The summed E-state index contributed by atoms with van der Waals surface area (Å²) in [7, 11) is 2.59. The maximum absolute atomic E-state index is 13.6. The standard InChI is InChI=1S/C40H48N8O6S2/c1-21(2)33(45-39(51)53-5)37(49)47-15-7-9-27(47)35-41-19-25(43-35)23-11-13-24(14-12-23)29-17-31-32(55-29)18-30(56-31)26-20-42-36(44-26)28-10-8-16-48(28)38(50)34(22(3)4)46-40(52)54-6/h11-14,17-22,27-28,33-34H,7-10,15-16H2,1-6H3,(H,41,43)(H,42,44)(H,45,51)(H,46,52)/t27?,28?,33-,34-/m0/s1. The minimum absolute atomic E-state index is 0.0990. The fourth-order valence-corrected chi connectivity index (χ4v) is 9.96. The molecule has 2 unspecified atom stereocenters. The second-order valence-electron chi connectivity index (χ2n) is 15.0. The summed E-state index contributed by atoms with van der Waals surface area (Å²) in [4.78, 5) is 73.2. The third-order valence-electron chi connectivity index (χ3n) is 10.6. The van der Waals surface area contributed by atoms with Crippen molar-refractivity contribution in [3.8, 4) is 32.3 Å². The molecular formula is C40H48N8O6S2. The van der Waals surface area contributed by atoms with Gasteiger partial charge in [0.05, 0.1) is 55.0 Å². The second kappa shape index (κ2) is 16.5. The molecule has 16 heteroatoms. The number of H-pyrrole nitrogens is 2. The van der Waals surface area contributed by atoms with Crippen LogP contribution in [0.2, 0.25) is 0 Å². The van der Waals surface area contributed by atoms with Crippen LogP contribution in [0.1, 0.15) is 77.1 Å². The van der Waals surface area contributed by atoms with E-state index in [2.05, 4.69) is 62.0 Å². The monoisotopic (exact) mass is 800 g/mol. The van der Waals surface area contributed by atoms with E-state index in [1.165, 1.54) is 28.5 Å². The molecule has 4 aromatic heterocycles. The minimum atomic E-state index is -0.683. The van der Waals surface area contributed by atoms with Crippen molar-refractivity contribution < 1.29 is 28.7 Å². The van der Waals surface area contributed by atoms with Crippen LogP contribution in [-0.2, 0) is 19.1 Å². The molecule has 0 radical (unpaired) electrons. The van der Waals surface area contributed by atoms with Crippen LogP contribution < -0.4 is 10.6 Å². The van der Waals surface area contributed by atoms with Crippen molar-refractivity contribution in [3.63, 3.8) is 0 Å². The third-order valence-corrected chi connectivity index (χ3v) is 13.0. The van der Waals surface area contributed by atoms with Crippen molar-refractivity contribution in [1.29, 1.82) is 0 Å². The number of amides is 4. The number of benzene rings is 1. The van der Waals surface area contributed by atoms with E-state index in [1.807, 2.05) is 49.9 Å². The van der Waals surface area contributed by atoms with Crippen molar-refractivity contribution in [2.75, 3.05) is 27.3 Å². The van der Waals surface area contributed by atoms with E-state index in [0.29, 0.717) is 13.1 Å². The van der Waals surface area contributed by atoms with Gasteiger partial charge in [0, 0.05) is 27.4 Å².